The van der Waals surface area contributed by atoms with Crippen molar-refractivity contribution in [1.29, 1.82) is 0 Å². The van der Waals surface area contributed by atoms with Crippen LogP contribution >= 0.6 is 0 Å². The Bertz CT molecular complexity index is 114. The molecule has 3 heteroatoms. The largest absolute Gasteiger partial charge is 0.396 e. The Labute approximate surface area is 73.4 Å². The van der Waals surface area contributed by atoms with Crippen LogP contribution in [-0.2, 0) is 0 Å². The first-order valence-electron chi connectivity index (χ1n) is 4.23. The molecule has 12 heavy (non-hydrogen) atoms. The zero-order valence-corrected chi connectivity index (χ0v) is 7.32. The third kappa shape index (κ3) is 3.85. The van der Waals surface area contributed by atoms with E-state index >= 15 is 0 Å². The molecule has 0 saturated carbocycles. The van der Waals surface area contributed by atoms with Gasteiger partial charge >= 0.3 is 0 Å². The Hall–Kier alpha value is -0.380. The van der Waals surface area contributed by atoms with Crippen LogP contribution in [-0.4, -0.2) is 35.1 Å². The summed E-state index contributed by atoms with van der Waals surface area (Å²) in [6, 6.07) is 0. The molecule has 0 bridgehead atoms. The standard InChI is InChI=1S/C9H18O3/c1-2-3-8(6-11)9(7-12)4-5-10/h2,8-12H,1,3-7H2. The molecule has 0 aromatic carbocycles. The zero-order chi connectivity index (χ0) is 9.40. The van der Waals surface area contributed by atoms with Gasteiger partial charge in [-0.1, -0.05) is 6.08 Å². The van der Waals surface area contributed by atoms with Crippen LogP contribution in [0.15, 0.2) is 12.7 Å². The van der Waals surface area contributed by atoms with E-state index in [0.717, 1.165) is 0 Å². The van der Waals surface area contributed by atoms with E-state index in [-0.39, 0.29) is 31.7 Å². The van der Waals surface area contributed by atoms with Crippen LogP contribution < -0.4 is 0 Å². The van der Waals surface area contributed by atoms with Gasteiger partial charge in [-0.05, 0) is 24.7 Å². The van der Waals surface area contributed by atoms with E-state index in [1.54, 1.807) is 6.08 Å². The SMILES string of the molecule is C=CCC(CO)C(CO)CCO. The van der Waals surface area contributed by atoms with Crippen molar-refractivity contribution in [3.63, 3.8) is 0 Å². The average molecular weight is 174 g/mol. The Morgan fingerprint density at radius 2 is 1.67 bits per heavy atom. The van der Waals surface area contributed by atoms with Crippen molar-refractivity contribution in [3.05, 3.63) is 12.7 Å². The highest BCUT2D eigenvalue weighted by Crippen LogP contribution is 2.18. The molecule has 0 aliphatic rings. The fourth-order valence-corrected chi connectivity index (χ4v) is 1.27. The van der Waals surface area contributed by atoms with Crippen LogP contribution in [0.2, 0.25) is 0 Å². The van der Waals surface area contributed by atoms with Crippen molar-refractivity contribution >= 4 is 0 Å². The predicted octanol–water partition coefficient (Wildman–Crippen LogP) is 0.162. The van der Waals surface area contributed by atoms with Crippen LogP contribution in [0.1, 0.15) is 12.8 Å². The molecule has 0 aromatic heterocycles. The molecule has 0 fully saturated rings. The second-order valence-electron chi connectivity index (χ2n) is 2.92. The van der Waals surface area contributed by atoms with Gasteiger partial charge in [-0.3, -0.25) is 0 Å². The number of allylic oxidation sites excluding steroid dienone is 1. The Morgan fingerprint density at radius 1 is 1.08 bits per heavy atom. The van der Waals surface area contributed by atoms with Crippen molar-refractivity contribution in [3.8, 4) is 0 Å². The Balaban J connectivity index is 3.92. The van der Waals surface area contributed by atoms with E-state index in [9.17, 15) is 0 Å². The van der Waals surface area contributed by atoms with Gasteiger partial charge < -0.3 is 15.3 Å². The first kappa shape index (κ1) is 11.6. The predicted molar refractivity (Wildman–Crippen MR) is 47.7 cm³/mol. The molecular formula is C9H18O3. The lowest BCUT2D eigenvalue weighted by molar-refractivity contribution is 0.0997. The van der Waals surface area contributed by atoms with E-state index in [1.165, 1.54) is 0 Å². The minimum Gasteiger partial charge on any atom is -0.396 e. The summed E-state index contributed by atoms with van der Waals surface area (Å²) in [4.78, 5) is 0. The Kier molecular flexibility index (Phi) is 7.05. The van der Waals surface area contributed by atoms with Gasteiger partial charge in [-0.2, -0.15) is 0 Å². The van der Waals surface area contributed by atoms with Crippen LogP contribution in [0.25, 0.3) is 0 Å². The molecule has 0 aliphatic carbocycles. The van der Waals surface area contributed by atoms with Crippen LogP contribution in [0.4, 0.5) is 0 Å². The summed E-state index contributed by atoms with van der Waals surface area (Å²) < 4.78 is 0. The fraction of sp³-hybridized carbons (Fsp3) is 0.778. The van der Waals surface area contributed by atoms with Gasteiger partial charge in [0.1, 0.15) is 0 Å². The molecule has 3 nitrogen and oxygen atoms in total. The summed E-state index contributed by atoms with van der Waals surface area (Å²) in [6.45, 7) is 3.68. The van der Waals surface area contributed by atoms with Crippen molar-refractivity contribution in [2.75, 3.05) is 19.8 Å². The lowest BCUT2D eigenvalue weighted by atomic mass is 9.88. The first-order valence-corrected chi connectivity index (χ1v) is 4.23. The smallest absolute Gasteiger partial charge is 0.0465 e. The summed E-state index contributed by atoms with van der Waals surface area (Å²) in [5, 5.41) is 26.5. The van der Waals surface area contributed by atoms with Gasteiger partial charge in [-0.25, -0.2) is 0 Å². The maximum absolute atomic E-state index is 8.94. The number of rotatable bonds is 7. The van der Waals surface area contributed by atoms with Gasteiger partial charge in [0, 0.05) is 19.8 Å². The van der Waals surface area contributed by atoms with Gasteiger partial charge in [0.05, 0.1) is 0 Å². The molecule has 2 unspecified atom stereocenters. The minimum atomic E-state index is -0.0157. The first-order chi connectivity index (χ1) is 5.79. The second kappa shape index (κ2) is 7.28. The maximum atomic E-state index is 8.94. The van der Waals surface area contributed by atoms with Crippen molar-refractivity contribution < 1.29 is 15.3 Å². The summed E-state index contributed by atoms with van der Waals surface area (Å²) in [5.74, 6) is 0.0117. The summed E-state index contributed by atoms with van der Waals surface area (Å²) in [5.41, 5.74) is 0. The molecule has 0 amide bonds. The highest BCUT2D eigenvalue weighted by atomic mass is 16.3. The highest BCUT2D eigenvalue weighted by molar-refractivity contribution is 4.77. The molecule has 0 spiro atoms. The average Bonchev–Trinajstić information content (AvgIpc) is 2.11. The van der Waals surface area contributed by atoms with Gasteiger partial charge in [0.15, 0.2) is 0 Å². The van der Waals surface area contributed by atoms with Crippen molar-refractivity contribution in [2.24, 2.45) is 11.8 Å². The number of hydrogen-bond donors (Lipinski definition) is 3. The van der Waals surface area contributed by atoms with E-state index in [1.807, 2.05) is 0 Å². The molecule has 0 radical (unpaired) electrons. The van der Waals surface area contributed by atoms with Crippen molar-refractivity contribution in [2.45, 2.75) is 12.8 Å². The number of aliphatic hydroxyl groups is 3. The minimum absolute atomic E-state index is 0.0135. The normalized spacial score (nSPS) is 15.6. The van der Waals surface area contributed by atoms with E-state index in [0.29, 0.717) is 12.8 Å². The molecule has 0 aliphatic heterocycles. The van der Waals surface area contributed by atoms with Gasteiger partial charge in [-0.15, -0.1) is 6.58 Å². The second-order valence-corrected chi connectivity index (χ2v) is 2.92. The van der Waals surface area contributed by atoms with Crippen LogP contribution in [0.3, 0.4) is 0 Å². The third-order valence-electron chi connectivity index (χ3n) is 2.10. The molecular weight excluding hydrogens is 156 g/mol. The van der Waals surface area contributed by atoms with Crippen molar-refractivity contribution in [1.82, 2.24) is 0 Å². The highest BCUT2D eigenvalue weighted by Gasteiger charge is 2.17. The quantitative estimate of drug-likeness (QED) is 0.482. The van der Waals surface area contributed by atoms with E-state index in [2.05, 4.69) is 6.58 Å². The number of aliphatic hydroxyl groups excluding tert-OH is 3. The van der Waals surface area contributed by atoms with Gasteiger partial charge in [0.25, 0.3) is 0 Å². The monoisotopic (exact) mass is 174 g/mol. The summed E-state index contributed by atoms with van der Waals surface area (Å²) in [6.07, 6.45) is 2.94. The maximum Gasteiger partial charge on any atom is 0.0465 e. The Morgan fingerprint density at radius 3 is 2.00 bits per heavy atom. The lowest BCUT2D eigenvalue weighted by Gasteiger charge is -2.21. The molecule has 2 atom stereocenters. The van der Waals surface area contributed by atoms with Gasteiger partial charge in [0.2, 0.25) is 0 Å². The van der Waals surface area contributed by atoms with E-state index < -0.39 is 0 Å². The summed E-state index contributed by atoms with van der Waals surface area (Å²) >= 11 is 0. The molecule has 0 heterocycles. The third-order valence-corrected chi connectivity index (χ3v) is 2.10. The molecule has 72 valence electrons. The lowest BCUT2D eigenvalue weighted by Crippen LogP contribution is -2.22. The van der Waals surface area contributed by atoms with E-state index in [4.69, 9.17) is 15.3 Å². The summed E-state index contributed by atoms with van der Waals surface area (Å²) in [7, 11) is 0. The fourth-order valence-electron chi connectivity index (χ4n) is 1.27. The molecule has 3 N–H and O–H groups in total. The topological polar surface area (TPSA) is 60.7 Å². The zero-order valence-electron chi connectivity index (χ0n) is 7.32. The number of hydrogen-bond acceptors (Lipinski definition) is 3. The molecule has 0 rings (SSSR count). The van der Waals surface area contributed by atoms with Crippen LogP contribution in [0, 0.1) is 11.8 Å². The molecule has 0 aromatic rings. The van der Waals surface area contributed by atoms with Crippen LogP contribution in [0.5, 0.6) is 0 Å². The molecule has 0 saturated heterocycles.